The first-order valence-electron chi connectivity index (χ1n) is 6.55. The molecule has 1 fully saturated rings. The number of benzene rings is 1. The fourth-order valence-electron chi connectivity index (χ4n) is 2.33. The van der Waals surface area contributed by atoms with E-state index in [4.69, 9.17) is 4.74 Å². The number of aliphatic hydroxyl groups excluding tert-OH is 1. The van der Waals surface area contributed by atoms with E-state index in [-0.39, 0.29) is 19.0 Å². The molecule has 106 valence electrons. The van der Waals surface area contributed by atoms with E-state index in [0.717, 1.165) is 31.0 Å². The highest BCUT2D eigenvalue weighted by molar-refractivity contribution is 5.25. The molecule has 1 unspecified atom stereocenters. The Balaban J connectivity index is 2.07. The van der Waals surface area contributed by atoms with Crippen molar-refractivity contribution in [2.75, 3.05) is 19.8 Å². The van der Waals surface area contributed by atoms with E-state index in [0.29, 0.717) is 12.5 Å². The molecule has 1 atom stereocenters. The number of likely N-dealkylation sites (N-methyl/N-ethyl adjacent to an activating group) is 1. The molecule has 0 aromatic heterocycles. The standard InChI is InChI=1S/C14H19F2NO2/c1-2-17-14(8-18,10-3-4-10)9-19-13-7-11(15)5-6-12(13)16/h5-7,10,17-18H,2-4,8-9H2,1H3. The largest absolute Gasteiger partial charge is 0.488 e. The Hall–Kier alpha value is -1.20. The van der Waals surface area contributed by atoms with Crippen LogP contribution in [0.3, 0.4) is 0 Å². The van der Waals surface area contributed by atoms with E-state index in [1.165, 1.54) is 0 Å². The van der Waals surface area contributed by atoms with Crippen LogP contribution in [0.5, 0.6) is 5.75 Å². The van der Waals surface area contributed by atoms with Gasteiger partial charge in [0.25, 0.3) is 0 Å². The SMILES string of the molecule is CCNC(CO)(COc1cc(F)ccc1F)C1CC1. The first-order chi connectivity index (χ1) is 9.11. The van der Waals surface area contributed by atoms with Crippen LogP contribution in [0.2, 0.25) is 0 Å². The number of halogens is 2. The van der Waals surface area contributed by atoms with Gasteiger partial charge >= 0.3 is 0 Å². The van der Waals surface area contributed by atoms with Crippen LogP contribution >= 0.6 is 0 Å². The van der Waals surface area contributed by atoms with Crippen molar-refractivity contribution in [2.45, 2.75) is 25.3 Å². The van der Waals surface area contributed by atoms with Crippen LogP contribution in [0.4, 0.5) is 8.78 Å². The summed E-state index contributed by atoms with van der Waals surface area (Å²) < 4.78 is 31.9. The van der Waals surface area contributed by atoms with E-state index in [9.17, 15) is 13.9 Å². The smallest absolute Gasteiger partial charge is 0.165 e. The van der Waals surface area contributed by atoms with Gasteiger partial charge in [0.05, 0.1) is 12.1 Å². The van der Waals surface area contributed by atoms with Crippen LogP contribution in [-0.4, -0.2) is 30.4 Å². The van der Waals surface area contributed by atoms with E-state index < -0.39 is 17.2 Å². The first kappa shape index (κ1) is 14.2. The second-order valence-corrected chi connectivity index (χ2v) is 4.98. The molecule has 1 aromatic rings. The fraction of sp³-hybridized carbons (Fsp3) is 0.571. The molecule has 1 saturated carbocycles. The number of ether oxygens (including phenoxy) is 1. The highest BCUT2D eigenvalue weighted by atomic mass is 19.1. The van der Waals surface area contributed by atoms with E-state index in [1.54, 1.807) is 0 Å². The quantitative estimate of drug-likeness (QED) is 0.798. The summed E-state index contributed by atoms with van der Waals surface area (Å²) in [5.74, 6) is -0.924. The van der Waals surface area contributed by atoms with Gasteiger partial charge in [0.15, 0.2) is 11.6 Å². The number of aliphatic hydroxyl groups is 1. The maximum atomic E-state index is 13.5. The molecular weight excluding hydrogens is 252 g/mol. The lowest BCUT2D eigenvalue weighted by molar-refractivity contribution is 0.0844. The van der Waals surface area contributed by atoms with Gasteiger partial charge in [-0.05, 0) is 37.4 Å². The van der Waals surface area contributed by atoms with Crippen molar-refractivity contribution in [2.24, 2.45) is 5.92 Å². The topological polar surface area (TPSA) is 41.5 Å². The lowest BCUT2D eigenvalue weighted by Gasteiger charge is -2.32. The third-order valence-electron chi connectivity index (χ3n) is 3.55. The van der Waals surface area contributed by atoms with Gasteiger partial charge in [-0.1, -0.05) is 6.92 Å². The van der Waals surface area contributed by atoms with Crippen LogP contribution in [-0.2, 0) is 0 Å². The summed E-state index contributed by atoms with van der Waals surface area (Å²) >= 11 is 0. The van der Waals surface area contributed by atoms with Gasteiger partial charge in [-0.3, -0.25) is 0 Å². The van der Waals surface area contributed by atoms with Crippen LogP contribution in [0, 0.1) is 17.6 Å². The molecule has 0 aliphatic heterocycles. The summed E-state index contributed by atoms with van der Waals surface area (Å²) in [6, 6.07) is 3.11. The molecule has 2 rings (SSSR count). The van der Waals surface area contributed by atoms with Crippen molar-refractivity contribution < 1.29 is 18.6 Å². The minimum Gasteiger partial charge on any atom is -0.488 e. The second-order valence-electron chi connectivity index (χ2n) is 4.98. The van der Waals surface area contributed by atoms with Crippen molar-refractivity contribution >= 4 is 0 Å². The minimum atomic E-state index is -0.597. The predicted molar refractivity (Wildman–Crippen MR) is 68.1 cm³/mol. The van der Waals surface area contributed by atoms with Gasteiger partial charge in [-0.15, -0.1) is 0 Å². The van der Waals surface area contributed by atoms with Gasteiger partial charge in [-0.2, -0.15) is 0 Å². The summed E-state index contributed by atoms with van der Waals surface area (Å²) in [5.41, 5.74) is -0.562. The monoisotopic (exact) mass is 271 g/mol. The normalized spacial score (nSPS) is 18.1. The van der Waals surface area contributed by atoms with Crippen LogP contribution in [0.1, 0.15) is 19.8 Å². The molecule has 1 aliphatic carbocycles. The molecule has 0 heterocycles. The zero-order valence-corrected chi connectivity index (χ0v) is 11.0. The molecule has 0 saturated heterocycles. The Morgan fingerprint density at radius 2 is 2.16 bits per heavy atom. The summed E-state index contributed by atoms with van der Waals surface area (Å²) in [4.78, 5) is 0. The zero-order valence-electron chi connectivity index (χ0n) is 11.0. The van der Waals surface area contributed by atoms with E-state index in [2.05, 4.69) is 5.32 Å². The molecule has 1 aromatic carbocycles. The van der Waals surface area contributed by atoms with Crippen LogP contribution in [0.15, 0.2) is 18.2 Å². The number of rotatable bonds is 7. The van der Waals surface area contributed by atoms with Crippen LogP contribution < -0.4 is 10.1 Å². The van der Waals surface area contributed by atoms with Crippen molar-refractivity contribution in [1.82, 2.24) is 5.32 Å². The molecule has 1 aliphatic rings. The third kappa shape index (κ3) is 3.22. The molecule has 0 spiro atoms. The Kier molecular flexibility index (Phi) is 4.37. The van der Waals surface area contributed by atoms with E-state index >= 15 is 0 Å². The van der Waals surface area contributed by atoms with Gasteiger partial charge in [0, 0.05) is 6.07 Å². The second kappa shape index (κ2) is 5.84. The van der Waals surface area contributed by atoms with Gasteiger partial charge in [-0.25, -0.2) is 8.78 Å². The van der Waals surface area contributed by atoms with Crippen molar-refractivity contribution in [3.63, 3.8) is 0 Å². The molecule has 3 nitrogen and oxygen atoms in total. The highest BCUT2D eigenvalue weighted by Gasteiger charge is 2.45. The summed E-state index contributed by atoms with van der Waals surface area (Å²) in [7, 11) is 0. The lowest BCUT2D eigenvalue weighted by atomic mass is 9.95. The first-order valence-corrected chi connectivity index (χ1v) is 6.55. The summed E-state index contributed by atoms with van der Waals surface area (Å²) in [6.07, 6.45) is 2.03. The summed E-state index contributed by atoms with van der Waals surface area (Å²) in [5, 5.41) is 12.8. The van der Waals surface area contributed by atoms with Crippen LogP contribution in [0.25, 0.3) is 0 Å². The lowest BCUT2D eigenvalue weighted by Crippen LogP contribution is -2.55. The summed E-state index contributed by atoms with van der Waals surface area (Å²) in [6.45, 7) is 2.67. The maximum Gasteiger partial charge on any atom is 0.165 e. The van der Waals surface area contributed by atoms with Gasteiger partial charge in [0.2, 0.25) is 0 Å². The third-order valence-corrected chi connectivity index (χ3v) is 3.55. The number of hydrogen-bond acceptors (Lipinski definition) is 3. The molecule has 2 N–H and O–H groups in total. The average Bonchev–Trinajstić information content (AvgIpc) is 3.23. The predicted octanol–water partition coefficient (Wildman–Crippen LogP) is 2.09. The maximum absolute atomic E-state index is 13.5. The van der Waals surface area contributed by atoms with Crippen molar-refractivity contribution in [3.05, 3.63) is 29.8 Å². The molecule has 19 heavy (non-hydrogen) atoms. The zero-order chi connectivity index (χ0) is 13.9. The molecule has 5 heteroatoms. The van der Waals surface area contributed by atoms with E-state index in [1.807, 2.05) is 6.92 Å². The Bertz CT molecular complexity index is 437. The highest BCUT2D eigenvalue weighted by Crippen LogP contribution is 2.40. The van der Waals surface area contributed by atoms with Gasteiger partial charge in [0.1, 0.15) is 12.4 Å². The minimum absolute atomic E-state index is 0.0809. The molecular formula is C14H19F2NO2. The number of nitrogens with one attached hydrogen (secondary N) is 1. The van der Waals surface area contributed by atoms with Crippen molar-refractivity contribution in [1.29, 1.82) is 0 Å². The number of hydrogen-bond donors (Lipinski definition) is 2. The van der Waals surface area contributed by atoms with Crippen molar-refractivity contribution in [3.8, 4) is 5.75 Å². The Labute approximate surface area is 111 Å². The Morgan fingerprint density at radius 3 is 2.74 bits per heavy atom. The Morgan fingerprint density at radius 1 is 1.42 bits per heavy atom. The average molecular weight is 271 g/mol. The van der Waals surface area contributed by atoms with Gasteiger partial charge < -0.3 is 15.2 Å². The fourth-order valence-corrected chi connectivity index (χ4v) is 2.33. The molecule has 0 bridgehead atoms. The molecule has 0 radical (unpaired) electrons. The molecule has 0 amide bonds.